The van der Waals surface area contributed by atoms with Gasteiger partial charge in [-0.25, -0.2) is 4.79 Å². The van der Waals surface area contributed by atoms with Gasteiger partial charge in [0.1, 0.15) is 5.75 Å². The van der Waals surface area contributed by atoms with Crippen LogP contribution < -0.4 is 10.1 Å². The summed E-state index contributed by atoms with van der Waals surface area (Å²) < 4.78 is 10.8. The minimum Gasteiger partial charge on any atom is -0.493 e. The second-order valence-electron chi connectivity index (χ2n) is 7.64. The molecular weight excluding hydrogens is 368 g/mol. The van der Waals surface area contributed by atoms with Crippen LogP contribution in [0.2, 0.25) is 0 Å². The topological polar surface area (TPSA) is 80.4 Å². The number of hydrogen-bond acceptors (Lipinski definition) is 4. The highest BCUT2D eigenvalue weighted by Gasteiger charge is 2.51. The molecule has 1 aliphatic heterocycles. The zero-order valence-electron chi connectivity index (χ0n) is 16.2. The van der Waals surface area contributed by atoms with Crippen LogP contribution in [0.15, 0.2) is 42.6 Å². The van der Waals surface area contributed by atoms with E-state index in [1.807, 2.05) is 24.3 Å². The lowest BCUT2D eigenvalue weighted by Gasteiger charge is -2.17. The van der Waals surface area contributed by atoms with Gasteiger partial charge >= 0.3 is 5.97 Å². The van der Waals surface area contributed by atoms with E-state index >= 15 is 0 Å². The maximum absolute atomic E-state index is 13.2. The van der Waals surface area contributed by atoms with Crippen molar-refractivity contribution in [2.75, 3.05) is 18.5 Å². The summed E-state index contributed by atoms with van der Waals surface area (Å²) in [5.41, 5.74) is 3.51. The van der Waals surface area contributed by atoms with Crippen molar-refractivity contribution in [3.63, 3.8) is 0 Å². The molecule has 6 nitrogen and oxygen atoms in total. The number of benzene rings is 2. The van der Waals surface area contributed by atoms with E-state index in [1.165, 1.54) is 5.56 Å². The van der Waals surface area contributed by atoms with Crippen LogP contribution in [0.1, 0.15) is 41.3 Å². The third-order valence-electron chi connectivity index (χ3n) is 5.85. The van der Waals surface area contributed by atoms with Gasteiger partial charge in [0.2, 0.25) is 5.91 Å². The van der Waals surface area contributed by atoms with Crippen LogP contribution in [-0.4, -0.2) is 30.1 Å². The highest BCUT2D eigenvalue weighted by Crippen LogP contribution is 2.50. The first-order chi connectivity index (χ1) is 14.1. The predicted molar refractivity (Wildman–Crippen MR) is 109 cm³/mol. The van der Waals surface area contributed by atoms with E-state index in [9.17, 15) is 9.59 Å². The number of H-pyrrole nitrogens is 1. The minimum atomic E-state index is -0.508. The Bertz CT molecular complexity index is 1130. The molecule has 0 atom stereocenters. The van der Waals surface area contributed by atoms with E-state index in [4.69, 9.17) is 9.47 Å². The van der Waals surface area contributed by atoms with Crippen molar-refractivity contribution in [1.29, 1.82) is 0 Å². The number of fused-ring (bicyclic) bond motifs is 2. The maximum Gasteiger partial charge on any atom is 0.338 e. The van der Waals surface area contributed by atoms with Crippen LogP contribution in [-0.2, 0) is 21.4 Å². The molecule has 3 aromatic rings. The molecule has 0 spiro atoms. The van der Waals surface area contributed by atoms with Crippen molar-refractivity contribution in [3.05, 3.63) is 59.3 Å². The van der Waals surface area contributed by atoms with Gasteiger partial charge in [-0.3, -0.25) is 4.79 Å². The molecule has 1 aromatic heterocycles. The Morgan fingerprint density at radius 3 is 2.86 bits per heavy atom. The first kappa shape index (κ1) is 17.8. The van der Waals surface area contributed by atoms with Crippen molar-refractivity contribution in [3.8, 4) is 5.75 Å². The fourth-order valence-electron chi connectivity index (χ4n) is 4.12. The summed E-state index contributed by atoms with van der Waals surface area (Å²) in [6.45, 7) is 2.77. The number of rotatable bonds is 5. The highest BCUT2D eigenvalue weighted by molar-refractivity contribution is 6.08. The standard InChI is InChI=1S/C23H22N2O4/c1-2-28-21(26)18-12-16(13-19-17(18)5-9-24-19)25-22(27)23(7-8-23)15-3-4-20-14(11-15)6-10-29-20/h3-5,9,11-13,24H,2,6-8,10H2,1H3,(H,25,27). The normalized spacial score (nSPS) is 16.2. The van der Waals surface area contributed by atoms with Gasteiger partial charge in [0, 0.05) is 29.2 Å². The number of ether oxygens (including phenoxy) is 2. The summed E-state index contributed by atoms with van der Waals surface area (Å²) in [6, 6.07) is 11.4. The Hall–Kier alpha value is -3.28. The Labute approximate surface area is 168 Å². The van der Waals surface area contributed by atoms with Gasteiger partial charge in [-0.1, -0.05) is 12.1 Å². The molecule has 0 saturated heterocycles. The lowest BCUT2D eigenvalue weighted by molar-refractivity contribution is -0.118. The Kier molecular flexibility index (Phi) is 4.08. The number of aromatic amines is 1. The minimum absolute atomic E-state index is 0.0444. The van der Waals surface area contributed by atoms with Gasteiger partial charge in [0.05, 0.1) is 24.2 Å². The van der Waals surface area contributed by atoms with Crippen LogP contribution in [0.25, 0.3) is 10.9 Å². The molecule has 0 unspecified atom stereocenters. The molecule has 1 fully saturated rings. The van der Waals surface area contributed by atoms with Crippen molar-refractivity contribution in [1.82, 2.24) is 4.98 Å². The molecule has 1 saturated carbocycles. The van der Waals surface area contributed by atoms with Gasteiger partial charge in [-0.05, 0) is 55.2 Å². The van der Waals surface area contributed by atoms with Gasteiger partial charge in [0.15, 0.2) is 0 Å². The second kappa shape index (κ2) is 6.65. The number of hydrogen-bond donors (Lipinski definition) is 2. The molecule has 6 heteroatoms. The number of carbonyl (C=O) groups is 2. The molecule has 2 aromatic carbocycles. The molecule has 2 N–H and O–H groups in total. The SMILES string of the molecule is CCOC(=O)c1cc(NC(=O)C2(c3ccc4c(c3)CCO4)CC2)cc2[nH]ccc12. The Morgan fingerprint density at radius 2 is 2.07 bits per heavy atom. The van der Waals surface area contributed by atoms with Crippen molar-refractivity contribution >= 4 is 28.5 Å². The average molecular weight is 390 g/mol. The van der Waals surface area contributed by atoms with Gasteiger partial charge in [-0.2, -0.15) is 0 Å². The van der Waals surface area contributed by atoms with E-state index < -0.39 is 11.4 Å². The summed E-state index contributed by atoms with van der Waals surface area (Å²) in [4.78, 5) is 28.7. The molecule has 1 aliphatic carbocycles. The summed E-state index contributed by atoms with van der Waals surface area (Å²) in [5.74, 6) is 0.478. The van der Waals surface area contributed by atoms with Crippen LogP contribution in [0.3, 0.4) is 0 Å². The fraction of sp³-hybridized carbons (Fsp3) is 0.304. The number of aromatic nitrogens is 1. The van der Waals surface area contributed by atoms with Crippen LogP contribution in [0.5, 0.6) is 5.75 Å². The molecule has 148 valence electrons. The number of carbonyl (C=O) groups excluding carboxylic acids is 2. The molecular formula is C23H22N2O4. The zero-order chi connectivity index (χ0) is 20.0. The van der Waals surface area contributed by atoms with Crippen molar-refractivity contribution in [2.24, 2.45) is 0 Å². The second-order valence-corrected chi connectivity index (χ2v) is 7.64. The number of amides is 1. The molecule has 0 bridgehead atoms. The molecule has 0 radical (unpaired) electrons. The van der Waals surface area contributed by atoms with E-state index in [0.717, 1.165) is 41.5 Å². The highest BCUT2D eigenvalue weighted by atomic mass is 16.5. The third kappa shape index (κ3) is 2.95. The molecule has 29 heavy (non-hydrogen) atoms. The Morgan fingerprint density at radius 1 is 1.21 bits per heavy atom. The van der Waals surface area contributed by atoms with Crippen molar-refractivity contribution in [2.45, 2.75) is 31.6 Å². The van der Waals surface area contributed by atoms with E-state index in [-0.39, 0.29) is 5.91 Å². The predicted octanol–water partition coefficient (Wildman–Crippen LogP) is 3.95. The molecule has 5 rings (SSSR count). The first-order valence-corrected chi connectivity index (χ1v) is 9.97. The Balaban J connectivity index is 1.45. The largest absolute Gasteiger partial charge is 0.493 e. The quantitative estimate of drug-likeness (QED) is 0.647. The van der Waals surface area contributed by atoms with Crippen molar-refractivity contribution < 1.29 is 19.1 Å². The molecule has 1 amide bonds. The number of esters is 1. The molecule has 2 heterocycles. The van der Waals surface area contributed by atoms with Gasteiger partial charge in [-0.15, -0.1) is 0 Å². The van der Waals surface area contributed by atoms with E-state index in [1.54, 1.807) is 19.2 Å². The summed E-state index contributed by atoms with van der Waals surface area (Å²) >= 11 is 0. The van der Waals surface area contributed by atoms with Crippen LogP contribution in [0.4, 0.5) is 5.69 Å². The third-order valence-corrected chi connectivity index (χ3v) is 5.85. The van der Waals surface area contributed by atoms with Gasteiger partial charge < -0.3 is 19.8 Å². The van der Waals surface area contributed by atoms with E-state index in [2.05, 4.69) is 16.4 Å². The van der Waals surface area contributed by atoms with Crippen LogP contribution >= 0.6 is 0 Å². The summed E-state index contributed by atoms with van der Waals surface area (Å²) in [5, 5.41) is 3.81. The fourth-order valence-corrected chi connectivity index (χ4v) is 4.12. The zero-order valence-corrected chi connectivity index (χ0v) is 16.2. The van der Waals surface area contributed by atoms with Crippen LogP contribution in [0, 0.1) is 0 Å². The number of anilines is 1. The smallest absolute Gasteiger partial charge is 0.338 e. The van der Waals surface area contributed by atoms with E-state index in [0.29, 0.717) is 24.5 Å². The summed E-state index contributed by atoms with van der Waals surface area (Å²) in [7, 11) is 0. The monoisotopic (exact) mass is 390 g/mol. The maximum atomic E-state index is 13.2. The first-order valence-electron chi connectivity index (χ1n) is 9.97. The number of nitrogens with one attached hydrogen (secondary N) is 2. The lowest BCUT2D eigenvalue weighted by atomic mass is 9.92. The lowest BCUT2D eigenvalue weighted by Crippen LogP contribution is -2.28. The molecule has 2 aliphatic rings. The summed E-state index contributed by atoms with van der Waals surface area (Å²) in [6.07, 6.45) is 4.28. The van der Waals surface area contributed by atoms with Gasteiger partial charge in [0.25, 0.3) is 0 Å². The average Bonchev–Trinajstić information content (AvgIpc) is 3.17.